The van der Waals surface area contributed by atoms with Crippen molar-refractivity contribution in [1.82, 2.24) is 9.55 Å². The average molecular weight is 323 g/mol. The van der Waals surface area contributed by atoms with Crippen LogP contribution in [0, 0.1) is 0 Å². The number of hydrogen-bond donors (Lipinski definition) is 0. The Morgan fingerprint density at radius 1 is 1.13 bits per heavy atom. The van der Waals surface area contributed by atoms with E-state index in [4.69, 9.17) is 4.43 Å². The lowest BCUT2D eigenvalue weighted by atomic mass is 10.2. The van der Waals surface area contributed by atoms with Crippen LogP contribution >= 0.6 is 0 Å². The van der Waals surface area contributed by atoms with Crippen LogP contribution in [-0.2, 0) is 7.05 Å². The molecule has 4 nitrogen and oxygen atoms in total. The molecule has 0 atom stereocenters. The molecule has 0 aliphatic rings. The molecule has 0 amide bonds. The number of rotatable bonds is 4. The topological polar surface area (TPSA) is 39.4 Å². The molecule has 118 valence electrons. The Bertz CT molecular complexity index is 862. The molecule has 0 radical (unpaired) electrons. The van der Waals surface area contributed by atoms with Crippen LogP contribution in [0.5, 0.6) is 5.75 Å². The summed E-state index contributed by atoms with van der Waals surface area (Å²) < 4.78 is 8.12. The predicted octanol–water partition coefficient (Wildman–Crippen LogP) is 4.54. The molecule has 3 aromatic rings. The molecule has 3 rings (SSSR count). The van der Waals surface area contributed by atoms with Gasteiger partial charge in [-0.15, -0.1) is 0 Å². The van der Waals surface area contributed by atoms with Gasteiger partial charge < -0.3 is 8.99 Å². The van der Waals surface area contributed by atoms with E-state index in [2.05, 4.69) is 35.7 Å². The summed E-state index contributed by atoms with van der Waals surface area (Å²) in [5, 5.41) is 0. The minimum Gasteiger partial charge on any atom is -0.543 e. The Morgan fingerprint density at radius 2 is 1.91 bits per heavy atom. The van der Waals surface area contributed by atoms with E-state index in [1.54, 1.807) is 0 Å². The Kier molecular flexibility index (Phi) is 4.04. The summed E-state index contributed by atoms with van der Waals surface area (Å²) in [4.78, 5) is 8.96. The van der Waals surface area contributed by atoms with Gasteiger partial charge in [0.25, 0.3) is 0 Å². The SMILES string of the molecule is Cn1cnc2ccc(/C=N/c3ccccc3O[Si](C)(C)C)cc21. The van der Waals surface area contributed by atoms with Crippen molar-refractivity contribution < 1.29 is 4.43 Å². The third-order valence-corrected chi connectivity index (χ3v) is 4.22. The zero-order chi connectivity index (χ0) is 16.4. The van der Waals surface area contributed by atoms with E-state index in [9.17, 15) is 0 Å². The van der Waals surface area contributed by atoms with Gasteiger partial charge in [-0.05, 0) is 49.5 Å². The van der Waals surface area contributed by atoms with Crippen molar-refractivity contribution in [1.29, 1.82) is 0 Å². The standard InChI is InChI=1S/C18H21N3OSi/c1-21-13-20-15-10-9-14(11-17(15)21)12-19-16-7-5-6-8-18(16)22-23(2,3)4/h5-13H,1-4H3/b19-12+. The average Bonchev–Trinajstić information content (AvgIpc) is 2.86. The molecular formula is C18H21N3OSi. The summed E-state index contributed by atoms with van der Waals surface area (Å²) in [6.07, 6.45) is 3.70. The second-order valence-corrected chi connectivity index (χ2v) is 11.0. The van der Waals surface area contributed by atoms with Crippen LogP contribution in [0.15, 0.2) is 53.8 Å². The van der Waals surface area contributed by atoms with E-state index in [0.717, 1.165) is 28.0 Å². The fraction of sp³-hybridized carbons (Fsp3) is 0.222. The molecule has 0 spiro atoms. The van der Waals surface area contributed by atoms with Crippen LogP contribution < -0.4 is 4.43 Å². The number of imidazole rings is 1. The fourth-order valence-electron chi connectivity index (χ4n) is 2.35. The minimum atomic E-state index is -1.66. The number of aliphatic imine (C=N–C) groups is 1. The number of aromatic nitrogens is 2. The third kappa shape index (κ3) is 3.68. The molecule has 0 N–H and O–H groups in total. The Morgan fingerprint density at radius 3 is 2.70 bits per heavy atom. The number of fused-ring (bicyclic) bond motifs is 1. The van der Waals surface area contributed by atoms with Gasteiger partial charge in [-0.3, -0.25) is 4.99 Å². The second kappa shape index (κ2) is 6.00. The van der Waals surface area contributed by atoms with Crippen molar-refractivity contribution >= 4 is 31.3 Å². The molecular weight excluding hydrogens is 302 g/mol. The van der Waals surface area contributed by atoms with Crippen LogP contribution in [0.1, 0.15) is 5.56 Å². The first-order valence-electron chi connectivity index (χ1n) is 7.65. The highest BCUT2D eigenvalue weighted by atomic mass is 28.4. The summed E-state index contributed by atoms with van der Waals surface area (Å²) in [5.74, 6) is 0.851. The first kappa shape index (κ1) is 15.5. The van der Waals surface area contributed by atoms with Crippen molar-refractivity contribution in [2.45, 2.75) is 19.6 Å². The molecule has 0 fully saturated rings. The maximum Gasteiger partial charge on any atom is 0.242 e. The lowest BCUT2D eigenvalue weighted by molar-refractivity contribution is 0.559. The first-order valence-corrected chi connectivity index (χ1v) is 11.1. The van der Waals surface area contributed by atoms with E-state index >= 15 is 0 Å². The predicted molar refractivity (Wildman–Crippen MR) is 98.4 cm³/mol. The van der Waals surface area contributed by atoms with Crippen molar-refractivity contribution in [3.8, 4) is 5.75 Å². The summed E-state index contributed by atoms with van der Waals surface area (Å²) >= 11 is 0. The largest absolute Gasteiger partial charge is 0.543 e. The number of para-hydroxylation sites is 2. The molecule has 0 aliphatic heterocycles. The lowest BCUT2D eigenvalue weighted by Crippen LogP contribution is -2.29. The second-order valence-electron chi connectivity index (χ2n) is 6.54. The number of nitrogens with zero attached hydrogens (tertiary/aromatic N) is 3. The summed E-state index contributed by atoms with van der Waals surface area (Å²) in [5.41, 5.74) is 4.00. The number of benzene rings is 2. The van der Waals surface area contributed by atoms with Crippen molar-refractivity contribution in [2.75, 3.05) is 0 Å². The van der Waals surface area contributed by atoms with Gasteiger partial charge in [-0.25, -0.2) is 4.98 Å². The smallest absolute Gasteiger partial charge is 0.242 e. The van der Waals surface area contributed by atoms with Crippen LogP contribution in [0.4, 0.5) is 5.69 Å². The lowest BCUT2D eigenvalue weighted by Gasteiger charge is -2.20. The van der Waals surface area contributed by atoms with Gasteiger partial charge in [-0.1, -0.05) is 18.2 Å². The number of hydrogen-bond acceptors (Lipinski definition) is 3. The van der Waals surface area contributed by atoms with Crippen molar-refractivity contribution in [3.63, 3.8) is 0 Å². The van der Waals surface area contributed by atoms with Crippen molar-refractivity contribution in [3.05, 3.63) is 54.4 Å². The van der Waals surface area contributed by atoms with Gasteiger partial charge in [0.1, 0.15) is 11.4 Å². The Hall–Kier alpha value is -2.40. The summed E-state index contributed by atoms with van der Waals surface area (Å²) in [6, 6.07) is 14.1. The maximum atomic E-state index is 6.11. The Labute approximate surface area is 137 Å². The fourth-order valence-corrected chi connectivity index (χ4v) is 3.18. The molecule has 2 aromatic carbocycles. The van der Waals surface area contributed by atoms with Gasteiger partial charge in [0.15, 0.2) is 0 Å². The molecule has 0 bridgehead atoms. The molecule has 1 aromatic heterocycles. The van der Waals surface area contributed by atoms with Crippen LogP contribution in [0.25, 0.3) is 11.0 Å². The number of aryl methyl sites for hydroxylation is 1. The van der Waals surface area contributed by atoms with E-state index in [-0.39, 0.29) is 0 Å². The van der Waals surface area contributed by atoms with Gasteiger partial charge >= 0.3 is 0 Å². The molecule has 0 aliphatic carbocycles. The summed E-state index contributed by atoms with van der Waals surface area (Å²) in [7, 11) is 0.336. The molecule has 0 saturated heterocycles. The van der Waals surface area contributed by atoms with Gasteiger partial charge in [0.05, 0.1) is 17.4 Å². The molecule has 5 heteroatoms. The van der Waals surface area contributed by atoms with E-state index < -0.39 is 8.32 Å². The van der Waals surface area contributed by atoms with Gasteiger partial charge in [-0.2, -0.15) is 0 Å². The molecule has 0 saturated carbocycles. The zero-order valence-corrected chi connectivity index (χ0v) is 14.9. The third-order valence-electron chi connectivity index (χ3n) is 3.38. The highest BCUT2D eigenvalue weighted by Crippen LogP contribution is 2.29. The molecule has 23 heavy (non-hydrogen) atoms. The van der Waals surface area contributed by atoms with E-state index in [1.807, 2.05) is 60.6 Å². The zero-order valence-electron chi connectivity index (χ0n) is 13.9. The van der Waals surface area contributed by atoms with Crippen LogP contribution in [-0.4, -0.2) is 24.1 Å². The van der Waals surface area contributed by atoms with Crippen molar-refractivity contribution in [2.24, 2.45) is 12.0 Å². The summed E-state index contributed by atoms with van der Waals surface area (Å²) in [6.45, 7) is 6.51. The highest BCUT2D eigenvalue weighted by molar-refractivity contribution is 6.70. The van der Waals surface area contributed by atoms with Gasteiger partial charge in [0, 0.05) is 13.3 Å². The normalized spacial score (nSPS) is 12.2. The minimum absolute atomic E-state index is 0.851. The first-order chi connectivity index (χ1) is 10.9. The monoisotopic (exact) mass is 323 g/mol. The Balaban J connectivity index is 1.91. The van der Waals surface area contributed by atoms with Crippen LogP contribution in [0.3, 0.4) is 0 Å². The highest BCUT2D eigenvalue weighted by Gasteiger charge is 2.17. The van der Waals surface area contributed by atoms with Gasteiger partial charge in [0.2, 0.25) is 8.32 Å². The molecule has 1 heterocycles. The van der Waals surface area contributed by atoms with Crippen LogP contribution in [0.2, 0.25) is 19.6 Å². The van der Waals surface area contributed by atoms with E-state index in [1.165, 1.54) is 0 Å². The quantitative estimate of drug-likeness (QED) is 0.522. The molecule has 0 unspecified atom stereocenters. The maximum absolute atomic E-state index is 6.11. The van der Waals surface area contributed by atoms with E-state index in [0.29, 0.717) is 0 Å².